The van der Waals surface area contributed by atoms with Crippen molar-refractivity contribution in [1.29, 1.82) is 0 Å². The normalized spacial score (nSPS) is 13.0. The third-order valence-electron chi connectivity index (χ3n) is 4.89. The molecule has 0 aliphatic heterocycles. The second-order valence-electron chi connectivity index (χ2n) is 6.70. The van der Waals surface area contributed by atoms with E-state index in [4.69, 9.17) is 0 Å². The van der Waals surface area contributed by atoms with Gasteiger partial charge in [-0.25, -0.2) is 13.8 Å². The highest BCUT2D eigenvalue weighted by Crippen LogP contribution is 2.51. The van der Waals surface area contributed by atoms with Gasteiger partial charge in [-0.3, -0.25) is 5.32 Å². The summed E-state index contributed by atoms with van der Waals surface area (Å²) in [6, 6.07) is 8.77. The molecule has 1 N–H and O–H groups in total. The van der Waals surface area contributed by atoms with E-state index in [1.54, 1.807) is 0 Å². The van der Waals surface area contributed by atoms with E-state index in [0.29, 0.717) is 11.6 Å². The predicted molar refractivity (Wildman–Crippen MR) is 96.8 cm³/mol. The minimum atomic E-state index is -5.81. The quantitative estimate of drug-likeness (QED) is 0.528. The molecule has 0 bridgehead atoms. The molecule has 0 saturated carbocycles. The summed E-state index contributed by atoms with van der Waals surface area (Å²) in [5.41, 5.74) is -4.66. The molecular formula is C20H15F8N3. The van der Waals surface area contributed by atoms with Crippen LogP contribution in [0.25, 0.3) is 22.5 Å². The molecule has 0 spiro atoms. The summed E-state index contributed by atoms with van der Waals surface area (Å²) < 4.78 is 110. The van der Waals surface area contributed by atoms with Gasteiger partial charge >= 0.3 is 12.4 Å². The molecule has 0 radical (unpaired) electrons. The van der Waals surface area contributed by atoms with Crippen molar-refractivity contribution >= 4 is 0 Å². The topological polar surface area (TPSA) is 29.9 Å². The summed E-state index contributed by atoms with van der Waals surface area (Å²) in [5, 5.41) is 1.36. The first-order valence-electron chi connectivity index (χ1n) is 8.75. The highest BCUT2D eigenvalue weighted by molar-refractivity contribution is 5.79. The van der Waals surface area contributed by atoms with Gasteiger partial charge in [-0.1, -0.05) is 0 Å². The van der Waals surface area contributed by atoms with E-state index in [1.165, 1.54) is 29.6 Å². The molecule has 0 amide bonds. The summed E-state index contributed by atoms with van der Waals surface area (Å²) in [5.74, 6) is -2.67. The maximum Gasteiger partial charge on any atom is 0.422 e. The first-order chi connectivity index (χ1) is 14.3. The molecule has 1 heterocycles. The minimum absolute atomic E-state index is 0.0805. The Balaban J connectivity index is 2.41. The second kappa shape index (κ2) is 7.63. The van der Waals surface area contributed by atoms with E-state index in [-0.39, 0.29) is 22.5 Å². The van der Waals surface area contributed by atoms with Gasteiger partial charge in [-0.05, 0) is 55.6 Å². The van der Waals surface area contributed by atoms with Gasteiger partial charge in [0.25, 0.3) is 5.54 Å². The number of nitrogens with one attached hydrogen (secondary N) is 1. The van der Waals surface area contributed by atoms with Crippen LogP contribution in [0.1, 0.15) is 5.82 Å². The van der Waals surface area contributed by atoms with Gasteiger partial charge < -0.3 is 4.57 Å². The maximum absolute atomic E-state index is 13.9. The number of benzene rings is 2. The number of nitrogens with zero attached hydrogens (tertiary/aromatic N) is 2. The molecule has 11 heteroatoms. The smallest absolute Gasteiger partial charge is 0.328 e. The molecule has 0 atom stereocenters. The first-order valence-corrected chi connectivity index (χ1v) is 8.75. The van der Waals surface area contributed by atoms with Gasteiger partial charge in [-0.15, -0.1) is 0 Å². The van der Waals surface area contributed by atoms with Gasteiger partial charge in [0, 0.05) is 18.2 Å². The third-order valence-corrected chi connectivity index (χ3v) is 4.89. The lowest BCUT2D eigenvalue weighted by Gasteiger charge is -2.36. The number of hydrogen-bond acceptors (Lipinski definition) is 2. The number of rotatable bonds is 4. The number of hydrogen-bond donors (Lipinski definition) is 1. The molecule has 31 heavy (non-hydrogen) atoms. The summed E-state index contributed by atoms with van der Waals surface area (Å²) in [6.45, 7) is 0. The van der Waals surface area contributed by atoms with Crippen molar-refractivity contribution in [3.63, 3.8) is 0 Å². The van der Waals surface area contributed by atoms with Crippen LogP contribution in [0.3, 0.4) is 0 Å². The van der Waals surface area contributed by atoms with E-state index < -0.39 is 35.4 Å². The zero-order chi connectivity index (χ0) is 23.2. The van der Waals surface area contributed by atoms with E-state index in [0.717, 1.165) is 31.3 Å². The number of aromatic nitrogens is 2. The molecule has 0 fully saturated rings. The molecular weight excluding hydrogens is 434 g/mol. The zero-order valence-corrected chi connectivity index (χ0v) is 16.0. The fourth-order valence-electron chi connectivity index (χ4n) is 3.39. The molecule has 2 aromatic carbocycles. The lowest BCUT2D eigenvalue weighted by Crippen LogP contribution is -2.63. The second-order valence-corrected chi connectivity index (χ2v) is 6.70. The lowest BCUT2D eigenvalue weighted by molar-refractivity contribution is -0.315. The van der Waals surface area contributed by atoms with Crippen LogP contribution < -0.4 is 5.32 Å². The SMILES string of the molecule is CNC(c1nc(-c2ccc(F)cc2)c(-c2ccc(F)cc2)n1C)(C(F)(F)F)C(F)(F)F. The Hall–Kier alpha value is -2.95. The Bertz CT molecular complexity index is 1050. The number of imidazole rings is 1. The fraction of sp³-hybridized carbons (Fsp3) is 0.250. The molecule has 3 rings (SSSR count). The number of halogens is 8. The standard InChI is InChI=1S/C20H15F8N3/c1-29-18(19(23,24)25,20(26,27)28)17-30-15(11-3-7-13(21)8-4-11)16(31(17)2)12-5-9-14(22)10-6-12/h3-10,29H,1-2H3. The molecule has 3 aromatic rings. The van der Waals surface area contributed by atoms with Crippen molar-refractivity contribution in [2.75, 3.05) is 7.05 Å². The van der Waals surface area contributed by atoms with Crippen LogP contribution in [0.15, 0.2) is 48.5 Å². The molecule has 0 unspecified atom stereocenters. The van der Waals surface area contributed by atoms with Crippen LogP contribution in [-0.4, -0.2) is 29.0 Å². The zero-order valence-electron chi connectivity index (χ0n) is 16.0. The van der Waals surface area contributed by atoms with Crippen molar-refractivity contribution in [2.45, 2.75) is 17.9 Å². The van der Waals surface area contributed by atoms with E-state index in [2.05, 4.69) is 4.98 Å². The van der Waals surface area contributed by atoms with Crippen LogP contribution in [0.2, 0.25) is 0 Å². The number of alkyl halides is 6. The maximum atomic E-state index is 13.9. The van der Waals surface area contributed by atoms with Gasteiger partial charge in [0.15, 0.2) is 0 Å². The molecule has 1 aromatic heterocycles. The first kappa shape index (κ1) is 22.7. The Morgan fingerprint density at radius 2 is 1.16 bits per heavy atom. The van der Waals surface area contributed by atoms with E-state index >= 15 is 0 Å². The summed E-state index contributed by atoms with van der Waals surface area (Å²) in [7, 11) is 1.53. The minimum Gasteiger partial charge on any atom is -0.328 e. The average Bonchev–Trinajstić information content (AvgIpc) is 2.99. The average molecular weight is 449 g/mol. The molecule has 0 aliphatic rings. The fourth-order valence-corrected chi connectivity index (χ4v) is 3.39. The lowest BCUT2D eigenvalue weighted by atomic mass is 9.96. The summed E-state index contributed by atoms with van der Waals surface area (Å²) in [4.78, 5) is 3.73. The van der Waals surface area contributed by atoms with Gasteiger partial charge in [-0.2, -0.15) is 26.3 Å². The van der Waals surface area contributed by atoms with Crippen LogP contribution in [0.4, 0.5) is 35.1 Å². The third kappa shape index (κ3) is 3.67. The Morgan fingerprint density at radius 1 is 0.742 bits per heavy atom. The van der Waals surface area contributed by atoms with Crippen LogP contribution in [0, 0.1) is 11.6 Å². The predicted octanol–water partition coefficient (Wildman–Crippen LogP) is 5.57. The van der Waals surface area contributed by atoms with Gasteiger partial charge in [0.05, 0.1) is 11.4 Å². The van der Waals surface area contributed by atoms with Crippen molar-refractivity contribution in [3.8, 4) is 22.5 Å². The highest BCUT2D eigenvalue weighted by Gasteiger charge is 2.73. The van der Waals surface area contributed by atoms with Crippen molar-refractivity contribution in [2.24, 2.45) is 7.05 Å². The van der Waals surface area contributed by atoms with Crippen LogP contribution in [-0.2, 0) is 12.6 Å². The van der Waals surface area contributed by atoms with Crippen molar-refractivity contribution < 1.29 is 35.1 Å². The van der Waals surface area contributed by atoms with E-state index in [9.17, 15) is 35.1 Å². The Morgan fingerprint density at radius 3 is 1.55 bits per heavy atom. The molecule has 166 valence electrons. The van der Waals surface area contributed by atoms with Crippen LogP contribution in [0.5, 0.6) is 0 Å². The van der Waals surface area contributed by atoms with Gasteiger partial charge in [0.2, 0.25) is 0 Å². The van der Waals surface area contributed by atoms with Crippen molar-refractivity contribution in [1.82, 2.24) is 14.9 Å². The largest absolute Gasteiger partial charge is 0.422 e. The van der Waals surface area contributed by atoms with E-state index in [1.807, 2.05) is 0 Å². The van der Waals surface area contributed by atoms with Crippen molar-refractivity contribution in [3.05, 3.63) is 66.0 Å². The Labute approximate surface area is 171 Å². The molecule has 3 nitrogen and oxygen atoms in total. The molecule has 0 aliphatic carbocycles. The summed E-state index contributed by atoms with van der Waals surface area (Å²) >= 11 is 0. The van der Waals surface area contributed by atoms with Crippen LogP contribution >= 0.6 is 0 Å². The molecule has 0 saturated heterocycles. The summed E-state index contributed by atoms with van der Waals surface area (Å²) in [6.07, 6.45) is -11.6. The van der Waals surface area contributed by atoms with Gasteiger partial charge in [0.1, 0.15) is 17.5 Å². The Kier molecular flexibility index (Phi) is 5.59. The highest BCUT2D eigenvalue weighted by atomic mass is 19.4. The monoisotopic (exact) mass is 449 g/mol.